The van der Waals surface area contributed by atoms with Gasteiger partial charge in [-0.2, -0.15) is 0 Å². The molecule has 2 N–H and O–H groups in total. The first kappa shape index (κ1) is 20.1. The van der Waals surface area contributed by atoms with Crippen LogP contribution in [0.3, 0.4) is 0 Å². The van der Waals surface area contributed by atoms with Crippen LogP contribution in [-0.2, 0) is 11.2 Å². The Bertz CT molecular complexity index is 956. The Morgan fingerprint density at radius 3 is 2.25 bits per heavy atom. The first-order chi connectivity index (χ1) is 13.6. The van der Waals surface area contributed by atoms with Gasteiger partial charge in [-0.3, -0.25) is 4.79 Å². The maximum absolute atomic E-state index is 12.6. The van der Waals surface area contributed by atoms with Crippen molar-refractivity contribution >= 4 is 46.2 Å². The van der Waals surface area contributed by atoms with Gasteiger partial charge in [0.1, 0.15) is 5.75 Å². The number of ether oxygens (including phenoxy) is 1. The van der Waals surface area contributed by atoms with Gasteiger partial charge in [0, 0.05) is 5.69 Å². The Balaban J connectivity index is 1.78. The predicted molar refractivity (Wildman–Crippen MR) is 116 cm³/mol. The standard InChI is InChI=1S/C22H20Cl2N2O2/c1-2-28-20-13-6-5-12-19(20)25-21(27)14-15-8-3-4-11-18(15)26-22-16(23)9-7-10-17(22)24/h3-13,26H,2,14H2,1H3,(H,25,27). The Morgan fingerprint density at radius 2 is 1.54 bits per heavy atom. The molecule has 0 aliphatic carbocycles. The number of amides is 1. The van der Waals surface area contributed by atoms with E-state index in [9.17, 15) is 4.79 Å². The van der Waals surface area contributed by atoms with Crippen LogP contribution in [0, 0.1) is 0 Å². The molecule has 3 aromatic carbocycles. The predicted octanol–water partition coefficient (Wildman–Crippen LogP) is 6.32. The fraction of sp³-hybridized carbons (Fsp3) is 0.136. The van der Waals surface area contributed by atoms with Crippen LogP contribution in [0.5, 0.6) is 5.75 Å². The van der Waals surface area contributed by atoms with Crippen molar-refractivity contribution in [3.05, 3.63) is 82.3 Å². The lowest BCUT2D eigenvalue weighted by Gasteiger charge is -2.15. The molecule has 0 aliphatic heterocycles. The molecule has 0 aliphatic rings. The van der Waals surface area contributed by atoms with Crippen molar-refractivity contribution in [3.63, 3.8) is 0 Å². The molecule has 3 aromatic rings. The maximum atomic E-state index is 12.6. The van der Waals surface area contributed by atoms with Crippen LogP contribution in [0.15, 0.2) is 66.7 Å². The van der Waals surface area contributed by atoms with Gasteiger partial charge < -0.3 is 15.4 Å². The van der Waals surface area contributed by atoms with Gasteiger partial charge in [0.05, 0.1) is 34.4 Å². The number of benzene rings is 3. The van der Waals surface area contributed by atoms with E-state index in [1.807, 2.05) is 55.5 Å². The first-order valence-corrected chi connectivity index (χ1v) is 9.64. The van der Waals surface area contributed by atoms with Crippen LogP contribution in [0.2, 0.25) is 10.0 Å². The molecule has 0 unspecified atom stereocenters. The second kappa shape index (κ2) is 9.49. The van der Waals surface area contributed by atoms with Gasteiger partial charge in [0.25, 0.3) is 0 Å². The Hall–Kier alpha value is -2.69. The molecule has 28 heavy (non-hydrogen) atoms. The van der Waals surface area contributed by atoms with Crippen LogP contribution >= 0.6 is 23.2 Å². The number of hydrogen-bond acceptors (Lipinski definition) is 3. The van der Waals surface area contributed by atoms with Crippen molar-refractivity contribution in [2.24, 2.45) is 0 Å². The van der Waals surface area contributed by atoms with E-state index in [0.717, 1.165) is 11.3 Å². The molecule has 0 radical (unpaired) electrons. The van der Waals surface area contributed by atoms with Crippen molar-refractivity contribution in [3.8, 4) is 5.75 Å². The van der Waals surface area contributed by atoms with E-state index >= 15 is 0 Å². The molecule has 6 heteroatoms. The topological polar surface area (TPSA) is 50.4 Å². The number of nitrogens with one attached hydrogen (secondary N) is 2. The largest absolute Gasteiger partial charge is 0.492 e. The van der Waals surface area contributed by atoms with E-state index < -0.39 is 0 Å². The third kappa shape index (κ3) is 4.97. The van der Waals surface area contributed by atoms with Crippen LogP contribution in [0.4, 0.5) is 17.1 Å². The molecule has 4 nitrogen and oxygen atoms in total. The van der Waals surface area contributed by atoms with Gasteiger partial charge in [-0.05, 0) is 42.8 Å². The molecular weight excluding hydrogens is 395 g/mol. The fourth-order valence-electron chi connectivity index (χ4n) is 2.77. The summed E-state index contributed by atoms with van der Waals surface area (Å²) in [5, 5.41) is 7.18. The monoisotopic (exact) mass is 414 g/mol. The highest BCUT2D eigenvalue weighted by atomic mass is 35.5. The number of halogens is 2. The molecule has 0 saturated carbocycles. The van der Waals surface area contributed by atoms with E-state index in [1.165, 1.54) is 0 Å². The van der Waals surface area contributed by atoms with Crippen molar-refractivity contribution in [1.29, 1.82) is 0 Å². The van der Waals surface area contributed by atoms with Crippen molar-refractivity contribution in [2.45, 2.75) is 13.3 Å². The molecule has 0 atom stereocenters. The fourth-order valence-corrected chi connectivity index (χ4v) is 3.26. The highest BCUT2D eigenvalue weighted by Gasteiger charge is 2.13. The van der Waals surface area contributed by atoms with Gasteiger partial charge >= 0.3 is 0 Å². The molecule has 0 bridgehead atoms. The summed E-state index contributed by atoms with van der Waals surface area (Å²) in [5.74, 6) is 0.499. The maximum Gasteiger partial charge on any atom is 0.228 e. The minimum atomic E-state index is -0.147. The normalized spacial score (nSPS) is 10.4. The molecule has 0 saturated heterocycles. The van der Waals surface area contributed by atoms with Crippen LogP contribution < -0.4 is 15.4 Å². The van der Waals surface area contributed by atoms with Crippen molar-refractivity contribution in [2.75, 3.05) is 17.2 Å². The Morgan fingerprint density at radius 1 is 0.893 bits per heavy atom. The summed E-state index contributed by atoms with van der Waals surface area (Å²) < 4.78 is 5.56. The average molecular weight is 415 g/mol. The molecule has 0 spiro atoms. The summed E-state index contributed by atoms with van der Waals surface area (Å²) >= 11 is 12.5. The van der Waals surface area contributed by atoms with E-state index in [-0.39, 0.29) is 12.3 Å². The smallest absolute Gasteiger partial charge is 0.228 e. The molecule has 3 rings (SSSR count). The third-order valence-corrected chi connectivity index (χ3v) is 4.68. The molecule has 0 aromatic heterocycles. The van der Waals surface area contributed by atoms with E-state index in [2.05, 4.69) is 10.6 Å². The molecule has 144 valence electrons. The van der Waals surface area contributed by atoms with E-state index in [4.69, 9.17) is 27.9 Å². The van der Waals surface area contributed by atoms with E-state index in [0.29, 0.717) is 33.8 Å². The lowest BCUT2D eigenvalue weighted by molar-refractivity contribution is -0.115. The minimum absolute atomic E-state index is 0.147. The second-order valence-corrected chi connectivity index (χ2v) is 6.85. The van der Waals surface area contributed by atoms with Gasteiger partial charge in [-0.1, -0.05) is 59.6 Å². The zero-order chi connectivity index (χ0) is 19.9. The molecule has 0 heterocycles. The summed E-state index contributed by atoms with van der Waals surface area (Å²) in [5.41, 5.74) is 2.85. The van der Waals surface area contributed by atoms with Crippen LogP contribution in [0.25, 0.3) is 0 Å². The summed E-state index contributed by atoms with van der Waals surface area (Å²) in [7, 11) is 0. The lowest BCUT2D eigenvalue weighted by atomic mass is 10.1. The summed E-state index contributed by atoms with van der Waals surface area (Å²) in [6.45, 7) is 2.43. The second-order valence-electron chi connectivity index (χ2n) is 6.03. The first-order valence-electron chi connectivity index (χ1n) is 8.89. The van der Waals surface area contributed by atoms with Gasteiger partial charge in [-0.25, -0.2) is 0 Å². The highest BCUT2D eigenvalue weighted by molar-refractivity contribution is 6.39. The number of carbonyl (C=O) groups excluding carboxylic acids is 1. The number of para-hydroxylation sites is 4. The SMILES string of the molecule is CCOc1ccccc1NC(=O)Cc1ccccc1Nc1c(Cl)cccc1Cl. The number of rotatable bonds is 7. The van der Waals surface area contributed by atoms with Gasteiger partial charge in [0.15, 0.2) is 0 Å². The summed E-state index contributed by atoms with van der Waals surface area (Å²) in [6, 6.07) is 20.2. The molecule has 1 amide bonds. The van der Waals surface area contributed by atoms with Crippen molar-refractivity contribution in [1.82, 2.24) is 0 Å². The Kier molecular flexibility index (Phi) is 6.80. The third-order valence-electron chi connectivity index (χ3n) is 4.05. The van der Waals surface area contributed by atoms with E-state index in [1.54, 1.807) is 18.2 Å². The van der Waals surface area contributed by atoms with Gasteiger partial charge in [-0.15, -0.1) is 0 Å². The number of hydrogen-bond donors (Lipinski definition) is 2. The van der Waals surface area contributed by atoms with Gasteiger partial charge in [0.2, 0.25) is 5.91 Å². The van der Waals surface area contributed by atoms with Crippen LogP contribution in [-0.4, -0.2) is 12.5 Å². The minimum Gasteiger partial charge on any atom is -0.492 e. The average Bonchev–Trinajstić information content (AvgIpc) is 2.68. The zero-order valence-electron chi connectivity index (χ0n) is 15.3. The molecule has 0 fully saturated rings. The van der Waals surface area contributed by atoms with Crippen LogP contribution in [0.1, 0.15) is 12.5 Å². The number of anilines is 3. The summed E-state index contributed by atoms with van der Waals surface area (Å²) in [4.78, 5) is 12.6. The van der Waals surface area contributed by atoms with Crippen molar-refractivity contribution < 1.29 is 9.53 Å². The quantitative estimate of drug-likeness (QED) is 0.475. The molecular formula is C22H20Cl2N2O2. The highest BCUT2D eigenvalue weighted by Crippen LogP contribution is 2.33. The summed E-state index contributed by atoms with van der Waals surface area (Å²) in [6.07, 6.45) is 0.186. The zero-order valence-corrected chi connectivity index (χ0v) is 16.8. The lowest BCUT2D eigenvalue weighted by Crippen LogP contribution is -2.16. The number of carbonyl (C=O) groups is 1. The Labute approximate surface area is 174 Å².